The summed E-state index contributed by atoms with van der Waals surface area (Å²) in [5.41, 5.74) is 4.62. The highest BCUT2D eigenvalue weighted by atomic mass is 32.1. The third-order valence-electron chi connectivity index (χ3n) is 2.82. The van der Waals surface area contributed by atoms with Crippen molar-refractivity contribution >= 4 is 33.3 Å². The van der Waals surface area contributed by atoms with Gasteiger partial charge in [-0.3, -0.25) is 4.84 Å². The van der Waals surface area contributed by atoms with Gasteiger partial charge < -0.3 is 5.11 Å². The predicted octanol–water partition coefficient (Wildman–Crippen LogP) is 2.79. The molecule has 1 aromatic carbocycles. The van der Waals surface area contributed by atoms with Crippen molar-refractivity contribution in [3.05, 3.63) is 42.0 Å². The number of carboxylic acids is 1. The number of benzene rings is 1. The number of nitrogens with zero attached hydrogens (tertiary/aromatic N) is 2. The molecule has 3 rings (SSSR count). The zero-order chi connectivity index (χ0) is 14.7. The van der Waals surface area contributed by atoms with E-state index < -0.39 is 12.6 Å². The average Bonchev–Trinajstić information content (AvgIpc) is 2.93. The van der Waals surface area contributed by atoms with E-state index in [-0.39, 0.29) is 0 Å². The van der Waals surface area contributed by atoms with E-state index in [0.29, 0.717) is 5.82 Å². The molecule has 0 amide bonds. The highest BCUT2D eigenvalue weighted by Gasteiger charge is 2.13. The monoisotopic (exact) mass is 301 g/mol. The van der Waals surface area contributed by atoms with Crippen LogP contribution in [-0.2, 0) is 9.63 Å². The van der Waals surface area contributed by atoms with Crippen molar-refractivity contribution in [2.24, 2.45) is 0 Å². The Morgan fingerprint density at radius 1 is 1.29 bits per heavy atom. The summed E-state index contributed by atoms with van der Waals surface area (Å²) in [6, 6.07) is 9.85. The van der Waals surface area contributed by atoms with Crippen molar-refractivity contribution in [3.8, 4) is 11.1 Å². The fraction of sp³-hybridized carbons (Fsp3) is 0.0714. The van der Waals surface area contributed by atoms with Crippen LogP contribution in [-0.4, -0.2) is 27.7 Å². The van der Waals surface area contributed by atoms with Crippen LogP contribution in [0.4, 0.5) is 5.82 Å². The number of carbonyl (C=O) groups is 1. The van der Waals surface area contributed by atoms with Crippen LogP contribution in [0, 0.1) is 0 Å². The van der Waals surface area contributed by atoms with Gasteiger partial charge in [0, 0.05) is 10.9 Å². The molecule has 7 heteroatoms. The van der Waals surface area contributed by atoms with Gasteiger partial charge in [0.05, 0.1) is 5.39 Å². The summed E-state index contributed by atoms with van der Waals surface area (Å²) in [4.78, 5) is 24.6. The molecular formula is C14H11N3O3S. The molecule has 0 atom stereocenters. The summed E-state index contributed by atoms with van der Waals surface area (Å²) in [7, 11) is 0. The molecule has 3 aromatic rings. The van der Waals surface area contributed by atoms with Crippen molar-refractivity contribution in [2.45, 2.75) is 0 Å². The van der Waals surface area contributed by atoms with Gasteiger partial charge in [-0.15, -0.1) is 11.3 Å². The summed E-state index contributed by atoms with van der Waals surface area (Å²) in [5, 5.41) is 11.4. The fourth-order valence-electron chi connectivity index (χ4n) is 1.95. The molecule has 2 heterocycles. The Kier molecular flexibility index (Phi) is 3.76. The number of rotatable bonds is 5. The number of aliphatic carboxylic acids is 1. The van der Waals surface area contributed by atoms with Crippen LogP contribution in [0.5, 0.6) is 0 Å². The fourth-order valence-corrected chi connectivity index (χ4v) is 2.86. The molecule has 2 aromatic heterocycles. The largest absolute Gasteiger partial charge is 0.479 e. The van der Waals surface area contributed by atoms with Gasteiger partial charge in [-0.1, -0.05) is 30.3 Å². The molecule has 0 aliphatic heterocycles. The van der Waals surface area contributed by atoms with Gasteiger partial charge in [-0.2, -0.15) is 0 Å². The number of hydrogen-bond acceptors (Lipinski definition) is 6. The van der Waals surface area contributed by atoms with Crippen molar-refractivity contribution in [1.82, 2.24) is 9.97 Å². The van der Waals surface area contributed by atoms with Crippen LogP contribution in [0.25, 0.3) is 21.3 Å². The van der Waals surface area contributed by atoms with Gasteiger partial charge in [0.25, 0.3) is 0 Å². The highest BCUT2D eigenvalue weighted by molar-refractivity contribution is 7.17. The van der Waals surface area contributed by atoms with E-state index in [1.807, 2.05) is 35.7 Å². The van der Waals surface area contributed by atoms with E-state index in [1.54, 1.807) is 0 Å². The number of anilines is 1. The van der Waals surface area contributed by atoms with E-state index in [9.17, 15) is 4.79 Å². The molecule has 0 fully saturated rings. The molecule has 0 unspecified atom stereocenters. The Labute approximate surface area is 124 Å². The van der Waals surface area contributed by atoms with Gasteiger partial charge in [-0.05, 0) is 5.56 Å². The van der Waals surface area contributed by atoms with E-state index >= 15 is 0 Å². The minimum absolute atomic E-state index is 0.448. The summed E-state index contributed by atoms with van der Waals surface area (Å²) in [6.07, 6.45) is 1.42. The van der Waals surface area contributed by atoms with Crippen molar-refractivity contribution < 1.29 is 14.7 Å². The highest BCUT2D eigenvalue weighted by Crippen LogP contribution is 2.36. The molecule has 0 bridgehead atoms. The normalized spacial score (nSPS) is 10.7. The lowest BCUT2D eigenvalue weighted by atomic mass is 10.1. The Balaban J connectivity index is 2.01. The predicted molar refractivity (Wildman–Crippen MR) is 80.1 cm³/mol. The molecule has 6 nitrogen and oxygen atoms in total. The molecule has 2 N–H and O–H groups in total. The third kappa shape index (κ3) is 2.83. The van der Waals surface area contributed by atoms with Crippen LogP contribution < -0.4 is 5.48 Å². The minimum atomic E-state index is -1.05. The SMILES string of the molecule is O=C(O)CONc1ncnc2scc(-c3ccccc3)c12. The van der Waals surface area contributed by atoms with Gasteiger partial charge in [0.2, 0.25) is 0 Å². The second-order valence-electron chi connectivity index (χ2n) is 4.20. The Morgan fingerprint density at radius 3 is 2.86 bits per heavy atom. The van der Waals surface area contributed by atoms with Crippen molar-refractivity contribution in [2.75, 3.05) is 12.1 Å². The maximum absolute atomic E-state index is 10.5. The number of thiophene rings is 1. The lowest BCUT2D eigenvalue weighted by Gasteiger charge is -2.07. The third-order valence-corrected chi connectivity index (χ3v) is 3.71. The first kappa shape index (κ1) is 13.5. The number of aromatic nitrogens is 2. The van der Waals surface area contributed by atoms with E-state index in [0.717, 1.165) is 21.3 Å². The van der Waals surface area contributed by atoms with Gasteiger partial charge in [0.15, 0.2) is 12.4 Å². The van der Waals surface area contributed by atoms with Crippen LogP contribution >= 0.6 is 11.3 Å². The molecule has 0 saturated heterocycles. The lowest BCUT2D eigenvalue weighted by molar-refractivity contribution is -0.141. The quantitative estimate of drug-likeness (QED) is 0.705. The van der Waals surface area contributed by atoms with Crippen molar-refractivity contribution in [1.29, 1.82) is 0 Å². The standard InChI is InChI=1S/C14H11N3O3S/c18-11(19)6-20-17-13-12-10(9-4-2-1-3-5-9)7-21-14(12)16-8-15-13/h1-5,7-8H,6H2,(H,18,19)(H,15,16,17). The molecule has 0 aliphatic rings. The number of hydrogen-bond donors (Lipinski definition) is 2. The number of nitrogens with one attached hydrogen (secondary N) is 1. The molecular weight excluding hydrogens is 290 g/mol. The molecule has 0 aliphatic carbocycles. The molecule has 0 spiro atoms. The topological polar surface area (TPSA) is 84.3 Å². The number of carboxylic acid groups (broad SMARTS) is 1. The van der Waals surface area contributed by atoms with Gasteiger partial charge >= 0.3 is 5.97 Å². The zero-order valence-electron chi connectivity index (χ0n) is 10.8. The maximum atomic E-state index is 10.5. The first-order valence-corrected chi connectivity index (χ1v) is 7.01. The second-order valence-corrected chi connectivity index (χ2v) is 5.06. The zero-order valence-corrected chi connectivity index (χ0v) is 11.6. The van der Waals surface area contributed by atoms with Gasteiger partial charge in [-0.25, -0.2) is 20.2 Å². The van der Waals surface area contributed by atoms with Crippen LogP contribution in [0.1, 0.15) is 0 Å². The molecule has 0 radical (unpaired) electrons. The number of fused-ring (bicyclic) bond motifs is 1. The summed E-state index contributed by atoms with van der Waals surface area (Å²) in [5.74, 6) is -0.595. The second kappa shape index (κ2) is 5.86. The van der Waals surface area contributed by atoms with Crippen LogP contribution in [0.3, 0.4) is 0 Å². The summed E-state index contributed by atoms with van der Waals surface area (Å²) in [6.45, 7) is -0.448. The Morgan fingerprint density at radius 2 is 2.10 bits per heavy atom. The summed E-state index contributed by atoms with van der Waals surface area (Å²) < 4.78 is 0. The molecule has 106 valence electrons. The minimum Gasteiger partial charge on any atom is -0.479 e. The molecule has 0 saturated carbocycles. The lowest BCUT2D eigenvalue weighted by Crippen LogP contribution is -2.12. The first-order chi connectivity index (χ1) is 10.3. The van der Waals surface area contributed by atoms with Crippen LogP contribution in [0.15, 0.2) is 42.0 Å². The maximum Gasteiger partial charge on any atom is 0.332 e. The Bertz CT molecular complexity index is 773. The van der Waals surface area contributed by atoms with Crippen LogP contribution in [0.2, 0.25) is 0 Å². The van der Waals surface area contributed by atoms with E-state index in [2.05, 4.69) is 15.4 Å². The summed E-state index contributed by atoms with van der Waals surface area (Å²) >= 11 is 1.50. The smallest absolute Gasteiger partial charge is 0.332 e. The average molecular weight is 301 g/mol. The first-order valence-electron chi connectivity index (χ1n) is 6.13. The molecule has 21 heavy (non-hydrogen) atoms. The Hall–Kier alpha value is -2.51. The van der Waals surface area contributed by atoms with E-state index in [1.165, 1.54) is 17.7 Å². The van der Waals surface area contributed by atoms with Gasteiger partial charge in [0.1, 0.15) is 11.2 Å². The van der Waals surface area contributed by atoms with Crippen molar-refractivity contribution in [3.63, 3.8) is 0 Å². The van der Waals surface area contributed by atoms with E-state index in [4.69, 9.17) is 9.94 Å².